The maximum Gasteiger partial charge on any atom is 0.147 e. The van der Waals surface area contributed by atoms with E-state index < -0.39 is 0 Å². The highest BCUT2D eigenvalue weighted by atomic mass is 35.5. The molecule has 1 unspecified atom stereocenters. The maximum absolute atomic E-state index is 13.5. The zero-order chi connectivity index (χ0) is 18.1. The van der Waals surface area contributed by atoms with Gasteiger partial charge in [-0.15, -0.1) is 0 Å². The van der Waals surface area contributed by atoms with Crippen molar-refractivity contribution in [2.45, 2.75) is 25.3 Å². The maximum atomic E-state index is 13.5. The van der Waals surface area contributed by atoms with E-state index in [9.17, 15) is 9.50 Å². The van der Waals surface area contributed by atoms with Crippen molar-refractivity contribution >= 4 is 22.5 Å². The van der Waals surface area contributed by atoms with Gasteiger partial charge in [0.2, 0.25) is 0 Å². The van der Waals surface area contributed by atoms with Crippen LogP contribution in [0, 0.1) is 5.82 Å². The number of nitrogens with zero attached hydrogens (tertiary/aromatic N) is 2. The van der Waals surface area contributed by atoms with Crippen LogP contribution in [0.5, 0.6) is 5.75 Å². The van der Waals surface area contributed by atoms with Crippen LogP contribution in [0.1, 0.15) is 36.4 Å². The van der Waals surface area contributed by atoms with Crippen LogP contribution < -0.4 is 0 Å². The van der Waals surface area contributed by atoms with Crippen LogP contribution in [-0.4, -0.2) is 28.1 Å². The summed E-state index contributed by atoms with van der Waals surface area (Å²) in [5.74, 6) is -0.126. The first kappa shape index (κ1) is 17.3. The number of piperidine rings is 1. The number of phenols is 1. The number of benzene rings is 2. The minimum absolute atomic E-state index is 0.143. The Morgan fingerprint density at radius 2 is 1.81 bits per heavy atom. The summed E-state index contributed by atoms with van der Waals surface area (Å²) in [6.45, 7) is 1.86. The van der Waals surface area contributed by atoms with Gasteiger partial charge in [-0.1, -0.05) is 30.2 Å². The average molecular weight is 371 g/mol. The number of aromatic nitrogens is 1. The van der Waals surface area contributed by atoms with Gasteiger partial charge in [0.15, 0.2) is 0 Å². The Bertz CT molecular complexity index is 923. The zero-order valence-electron chi connectivity index (χ0n) is 14.3. The second-order valence-electron chi connectivity index (χ2n) is 6.75. The largest absolute Gasteiger partial charge is 0.505 e. The highest BCUT2D eigenvalue weighted by molar-refractivity contribution is 6.35. The van der Waals surface area contributed by atoms with Crippen molar-refractivity contribution in [2.75, 3.05) is 13.1 Å². The highest BCUT2D eigenvalue weighted by Crippen LogP contribution is 2.41. The van der Waals surface area contributed by atoms with Crippen LogP contribution in [0.15, 0.2) is 48.7 Å². The second-order valence-corrected chi connectivity index (χ2v) is 7.15. The van der Waals surface area contributed by atoms with Crippen LogP contribution in [-0.2, 0) is 0 Å². The van der Waals surface area contributed by atoms with Crippen molar-refractivity contribution < 1.29 is 9.50 Å². The van der Waals surface area contributed by atoms with E-state index in [1.807, 2.05) is 12.1 Å². The summed E-state index contributed by atoms with van der Waals surface area (Å²) >= 11 is 6.50. The van der Waals surface area contributed by atoms with E-state index in [1.165, 1.54) is 18.6 Å². The molecule has 1 fully saturated rings. The molecule has 134 valence electrons. The van der Waals surface area contributed by atoms with Crippen molar-refractivity contribution in [1.29, 1.82) is 0 Å². The molecule has 0 spiro atoms. The lowest BCUT2D eigenvalue weighted by atomic mass is 9.93. The number of aromatic hydroxyl groups is 1. The van der Waals surface area contributed by atoms with Crippen LogP contribution in [0.4, 0.5) is 4.39 Å². The molecule has 0 amide bonds. The summed E-state index contributed by atoms with van der Waals surface area (Å²) in [7, 11) is 0. The predicted octanol–water partition coefficient (Wildman–Crippen LogP) is 5.31. The van der Waals surface area contributed by atoms with Crippen molar-refractivity contribution in [3.8, 4) is 5.75 Å². The van der Waals surface area contributed by atoms with Gasteiger partial charge in [-0.05, 0) is 61.8 Å². The molecule has 0 radical (unpaired) electrons. The molecule has 1 atom stereocenters. The number of phenolic OH excluding ortho intramolecular Hbond substituents is 1. The molecule has 5 heteroatoms. The summed E-state index contributed by atoms with van der Waals surface area (Å²) in [5.41, 5.74) is 2.16. The average Bonchev–Trinajstić information content (AvgIpc) is 2.68. The molecular weight excluding hydrogens is 351 g/mol. The molecule has 1 aromatic heterocycles. The third kappa shape index (κ3) is 3.15. The molecule has 0 bridgehead atoms. The number of hydrogen-bond acceptors (Lipinski definition) is 3. The summed E-state index contributed by atoms with van der Waals surface area (Å²) in [4.78, 5) is 6.65. The molecule has 26 heavy (non-hydrogen) atoms. The van der Waals surface area contributed by atoms with E-state index in [4.69, 9.17) is 11.6 Å². The fourth-order valence-corrected chi connectivity index (χ4v) is 4.09. The van der Waals surface area contributed by atoms with E-state index in [2.05, 4.69) is 9.88 Å². The van der Waals surface area contributed by atoms with Crippen molar-refractivity contribution in [2.24, 2.45) is 0 Å². The van der Waals surface area contributed by atoms with Crippen molar-refractivity contribution in [3.63, 3.8) is 0 Å². The van der Waals surface area contributed by atoms with Gasteiger partial charge in [0, 0.05) is 17.1 Å². The van der Waals surface area contributed by atoms with Gasteiger partial charge in [-0.25, -0.2) is 4.39 Å². The van der Waals surface area contributed by atoms with Gasteiger partial charge in [-0.3, -0.25) is 9.88 Å². The third-order valence-electron chi connectivity index (χ3n) is 5.08. The summed E-state index contributed by atoms with van der Waals surface area (Å²) in [5, 5.41) is 12.3. The molecule has 3 aromatic rings. The van der Waals surface area contributed by atoms with Gasteiger partial charge in [-0.2, -0.15) is 0 Å². The van der Waals surface area contributed by atoms with Gasteiger partial charge < -0.3 is 5.11 Å². The van der Waals surface area contributed by atoms with E-state index in [0.717, 1.165) is 42.4 Å². The number of pyridine rings is 1. The molecule has 3 nitrogen and oxygen atoms in total. The highest BCUT2D eigenvalue weighted by Gasteiger charge is 2.28. The molecule has 0 aliphatic carbocycles. The topological polar surface area (TPSA) is 36.4 Å². The fourth-order valence-electron chi connectivity index (χ4n) is 3.82. The zero-order valence-corrected chi connectivity index (χ0v) is 15.1. The Hall–Kier alpha value is -2.17. The number of halogens is 2. The lowest BCUT2D eigenvalue weighted by Gasteiger charge is -2.35. The summed E-state index contributed by atoms with van der Waals surface area (Å²) in [6.07, 6.45) is 5.07. The number of fused-ring (bicyclic) bond motifs is 1. The Kier molecular flexibility index (Phi) is 4.79. The molecule has 2 aromatic carbocycles. The normalized spacial score (nSPS) is 16.7. The molecule has 1 aliphatic heterocycles. The Morgan fingerprint density at radius 1 is 1.08 bits per heavy atom. The Labute approximate surface area is 157 Å². The first-order valence-corrected chi connectivity index (χ1v) is 9.28. The quantitative estimate of drug-likeness (QED) is 0.678. The van der Waals surface area contributed by atoms with Crippen molar-refractivity contribution in [1.82, 2.24) is 9.88 Å². The first-order chi connectivity index (χ1) is 12.6. The SMILES string of the molecule is Oc1c(C(c2ccc(F)cc2)N2CCCCC2)cc(Cl)c2cccnc12. The molecule has 2 heterocycles. The van der Waals surface area contributed by atoms with E-state index >= 15 is 0 Å². The third-order valence-corrected chi connectivity index (χ3v) is 5.39. The van der Waals surface area contributed by atoms with Crippen LogP contribution in [0.3, 0.4) is 0 Å². The Morgan fingerprint density at radius 3 is 2.54 bits per heavy atom. The van der Waals surface area contributed by atoms with Crippen LogP contribution >= 0.6 is 11.6 Å². The molecule has 1 N–H and O–H groups in total. The first-order valence-electron chi connectivity index (χ1n) is 8.91. The fraction of sp³-hybridized carbons (Fsp3) is 0.286. The standard InChI is InChI=1S/C21H20ClFN2O/c22-18-13-17(21(26)19-16(18)5-4-10-24-19)20(25-11-2-1-3-12-25)14-6-8-15(23)9-7-14/h4-10,13,20,26H,1-3,11-12H2. The van der Waals surface area contributed by atoms with E-state index in [1.54, 1.807) is 24.4 Å². The van der Waals surface area contributed by atoms with E-state index in [-0.39, 0.29) is 17.6 Å². The lowest BCUT2D eigenvalue weighted by Crippen LogP contribution is -2.34. The number of hydrogen-bond donors (Lipinski definition) is 1. The van der Waals surface area contributed by atoms with Gasteiger partial charge in [0.1, 0.15) is 17.1 Å². The predicted molar refractivity (Wildman–Crippen MR) is 102 cm³/mol. The molecule has 1 saturated heterocycles. The van der Waals surface area contributed by atoms with Crippen LogP contribution in [0.2, 0.25) is 5.02 Å². The number of rotatable bonds is 3. The van der Waals surface area contributed by atoms with Gasteiger partial charge >= 0.3 is 0 Å². The molecule has 4 rings (SSSR count). The molecule has 1 aliphatic rings. The lowest BCUT2D eigenvalue weighted by molar-refractivity contribution is 0.185. The summed E-state index contributed by atoms with van der Waals surface area (Å²) < 4.78 is 13.5. The van der Waals surface area contributed by atoms with Gasteiger partial charge in [0.05, 0.1) is 11.1 Å². The number of likely N-dealkylation sites (tertiary alicyclic amines) is 1. The summed E-state index contributed by atoms with van der Waals surface area (Å²) in [6, 6.07) is 11.8. The minimum Gasteiger partial charge on any atom is -0.505 e. The monoisotopic (exact) mass is 370 g/mol. The Balaban J connectivity index is 1.89. The second kappa shape index (κ2) is 7.22. The smallest absolute Gasteiger partial charge is 0.147 e. The van der Waals surface area contributed by atoms with Crippen molar-refractivity contribution in [3.05, 3.63) is 70.6 Å². The van der Waals surface area contributed by atoms with Crippen LogP contribution in [0.25, 0.3) is 10.9 Å². The molecule has 0 saturated carbocycles. The van der Waals surface area contributed by atoms with E-state index in [0.29, 0.717) is 10.5 Å². The molecular formula is C21H20ClFN2O. The van der Waals surface area contributed by atoms with Gasteiger partial charge in [0.25, 0.3) is 0 Å². The minimum atomic E-state index is -0.270.